The van der Waals surface area contributed by atoms with Crippen LogP contribution in [0.4, 0.5) is 0 Å². The molecule has 0 bridgehead atoms. The monoisotopic (exact) mass is 442 g/mol. The Balaban J connectivity index is 0.00000208. The maximum Gasteiger partial charge on any atom is 0.191 e. The molecule has 24 heavy (non-hydrogen) atoms. The predicted molar refractivity (Wildman–Crippen MR) is 110 cm³/mol. The summed E-state index contributed by atoms with van der Waals surface area (Å²) in [6.07, 6.45) is 5.30. The summed E-state index contributed by atoms with van der Waals surface area (Å²) in [6, 6.07) is 8.40. The van der Waals surface area contributed by atoms with Crippen LogP contribution < -0.4 is 10.6 Å². The van der Waals surface area contributed by atoms with Gasteiger partial charge in [0.15, 0.2) is 5.96 Å². The summed E-state index contributed by atoms with van der Waals surface area (Å²) in [5.74, 6) is 0.835. The summed E-state index contributed by atoms with van der Waals surface area (Å²) < 4.78 is 5.80. The third-order valence-electron chi connectivity index (χ3n) is 4.52. The van der Waals surface area contributed by atoms with E-state index < -0.39 is 0 Å². The van der Waals surface area contributed by atoms with E-state index in [4.69, 9.17) is 4.74 Å². The van der Waals surface area contributed by atoms with E-state index >= 15 is 0 Å². The topological polar surface area (TPSA) is 61.4 Å². The van der Waals surface area contributed by atoms with Crippen LogP contribution in [0.5, 0.6) is 0 Å². The summed E-state index contributed by atoms with van der Waals surface area (Å²) in [5.41, 5.74) is 2.46. The van der Waals surface area contributed by atoms with Crippen LogP contribution in [0, 0.1) is 0 Å². The van der Waals surface area contributed by atoms with E-state index in [0.29, 0.717) is 0 Å². The molecule has 1 saturated heterocycles. The van der Waals surface area contributed by atoms with Gasteiger partial charge in [0.05, 0.1) is 5.60 Å². The summed E-state index contributed by atoms with van der Waals surface area (Å²) in [5, 5.41) is 8.05. The number of benzene rings is 1. The Hall–Kier alpha value is -1.28. The van der Waals surface area contributed by atoms with Gasteiger partial charge in [-0.05, 0) is 37.8 Å². The average Bonchev–Trinajstić information content (AvgIpc) is 3.18. The van der Waals surface area contributed by atoms with Crippen molar-refractivity contribution in [1.82, 2.24) is 15.6 Å². The third-order valence-corrected chi connectivity index (χ3v) is 4.52. The largest absolute Gasteiger partial charge is 0.373 e. The van der Waals surface area contributed by atoms with Gasteiger partial charge < -0.3 is 20.4 Å². The van der Waals surface area contributed by atoms with Crippen LogP contribution in [0.2, 0.25) is 0 Å². The summed E-state index contributed by atoms with van der Waals surface area (Å²) in [4.78, 5) is 7.61. The highest BCUT2D eigenvalue weighted by Crippen LogP contribution is 2.23. The van der Waals surface area contributed by atoms with Crippen molar-refractivity contribution in [3.05, 3.63) is 36.0 Å². The lowest BCUT2D eigenvalue weighted by atomic mass is 10.0. The van der Waals surface area contributed by atoms with Crippen LogP contribution in [0.25, 0.3) is 10.9 Å². The zero-order valence-electron chi connectivity index (χ0n) is 14.4. The second kappa shape index (κ2) is 8.71. The molecule has 0 spiro atoms. The number of hydrogen-bond acceptors (Lipinski definition) is 2. The first-order valence-electron chi connectivity index (χ1n) is 8.34. The fourth-order valence-electron chi connectivity index (χ4n) is 3.12. The van der Waals surface area contributed by atoms with Crippen molar-refractivity contribution >= 4 is 40.8 Å². The molecule has 1 aromatic carbocycles. The molecule has 0 amide bonds. The first-order chi connectivity index (χ1) is 11.2. The van der Waals surface area contributed by atoms with Gasteiger partial charge in [-0.15, -0.1) is 24.0 Å². The van der Waals surface area contributed by atoms with Crippen molar-refractivity contribution in [3.63, 3.8) is 0 Å². The maximum absolute atomic E-state index is 5.80. The van der Waals surface area contributed by atoms with Gasteiger partial charge in [0.2, 0.25) is 0 Å². The highest BCUT2D eigenvalue weighted by molar-refractivity contribution is 14.0. The summed E-state index contributed by atoms with van der Waals surface area (Å²) in [7, 11) is 1.80. The number of fused-ring (bicyclic) bond motifs is 1. The summed E-state index contributed by atoms with van der Waals surface area (Å²) in [6.45, 7) is 4.66. The molecule has 5 nitrogen and oxygen atoms in total. The quantitative estimate of drug-likeness (QED) is 0.379. The predicted octanol–water partition coefficient (Wildman–Crippen LogP) is 3.06. The minimum Gasteiger partial charge on any atom is -0.373 e. The number of nitrogens with one attached hydrogen (secondary N) is 3. The minimum absolute atomic E-state index is 0. The molecular weight excluding hydrogens is 415 g/mol. The van der Waals surface area contributed by atoms with Crippen molar-refractivity contribution in [1.29, 1.82) is 0 Å². The average molecular weight is 442 g/mol. The van der Waals surface area contributed by atoms with Crippen LogP contribution in [-0.4, -0.2) is 43.3 Å². The molecule has 1 aliphatic rings. The Morgan fingerprint density at radius 2 is 2.17 bits per heavy atom. The molecule has 1 unspecified atom stereocenters. The van der Waals surface area contributed by atoms with Crippen LogP contribution in [-0.2, 0) is 11.2 Å². The lowest BCUT2D eigenvalue weighted by molar-refractivity contribution is 0.0243. The van der Waals surface area contributed by atoms with E-state index in [1.54, 1.807) is 7.05 Å². The van der Waals surface area contributed by atoms with Crippen molar-refractivity contribution in [2.45, 2.75) is 31.8 Å². The van der Waals surface area contributed by atoms with Crippen LogP contribution >= 0.6 is 24.0 Å². The number of para-hydroxylation sites is 1. The summed E-state index contributed by atoms with van der Waals surface area (Å²) >= 11 is 0. The molecule has 1 aliphatic heterocycles. The van der Waals surface area contributed by atoms with Crippen molar-refractivity contribution in [3.8, 4) is 0 Å². The molecule has 6 heteroatoms. The Labute approximate surface area is 160 Å². The lowest BCUT2D eigenvalue weighted by Crippen LogP contribution is -2.45. The molecule has 2 heterocycles. The maximum atomic E-state index is 5.80. The molecule has 3 rings (SSSR count). The molecule has 132 valence electrons. The van der Waals surface area contributed by atoms with Gasteiger partial charge in [-0.3, -0.25) is 4.99 Å². The van der Waals surface area contributed by atoms with E-state index in [1.807, 2.05) is 0 Å². The highest BCUT2D eigenvalue weighted by Gasteiger charge is 2.29. The van der Waals surface area contributed by atoms with Gasteiger partial charge in [0.1, 0.15) is 0 Å². The third kappa shape index (κ3) is 4.63. The standard InChI is InChI=1S/C18H26N4O.HI/c1-18(9-5-11-23-18)13-22-17(19-2)20-10-8-14-12-21-16-7-4-3-6-15(14)16;/h3-4,6-7,12,21H,5,8-11,13H2,1-2H3,(H2,19,20,22);1H. The first kappa shape index (κ1) is 19.1. The van der Waals surface area contributed by atoms with E-state index in [-0.39, 0.29) is 29.6 Å². The first-order valence-corrected chi connectivity index (χ1v) is 8.34. The smallest absolute Gasteiger partial charge is 0.191 e. The van der Waals surface area contributed by atoms with Crippen LogP contribution in [0.3, 0.4) is 0 Å². The minimum atomic E-state index is -0.0611. The zero-order valence-corrected chi connectivity index (χ0v) is 16.7. The molecule has 1 atom stereocenters. The molecule has 0 aliphatic carbocycles. The van der Waals surface area contributed by atoms with Gasteiger partial charge in [-0.1, -0.05) is 18.2 Å². The number of aliphatic imine (C=N–C) groups is 1. The van der Waals surface area contributed by atoms with Crippen molar-refractivity contribution in [2.75, 3.05) is 26.7 Å². The highest BCUT2D eigenvalue weighted by atomic mass is 127. The molecule has 1 fully saturated rings. The number of halogens is 1. The number of ether oxygens (including phenoxy) is 1. The fourth-order valence-corrected chi connectivity index (χ4v) is 3.12. The second-order valence-corrected chi connectivity index (χ2v) is 6.36. The van der Waals surface area contributed by atoms with Gasteiger partial charge in [-0.2, -0.15) is 0 Å². The number of hydrogen-bond donors (Lipinski definition) is 3. The number of H-pyrrole nitrogens is 1. The second-order valence-electron chi connectivity index (χ2n) is 6.36. The zero-order chi connectivity index (χ0) is 16.1. The van der Waals surface area contributed by atoms with E-state index in [1.165, 1.54) is 16.5 Å². The van der Waals surface area contributed by atoms with Gasteiger partial charge in [0.25, 0.3) is 0 Å². The fraction of sp³-hybridized carbons (Fsp3) is 0.500. The molecule has 2 aromatic rings. The van der Waals surface area contributed by atoms with Gasteiger partial charge >= 0.3 is 0 Å². The van der Waals surface area contributed by atoms with Gasteiger partial charge in [0, 0.05) is 43.8 Å². The van der Waals surface area contributed by atoms with E-state index in [0.717, 1.165) is 44.9 Å². The Morgan fingerprint density at radius 3 is 2.92 bits per heavy atom. The van der Waals surface area contributed by atoms with Crippen LogP contribution in [0.15, 0.2) is 35.5 Å². The van der Waals surface area contributed by atoms with Crippen LogP contribution in [0.1, 0.15) is 25.3 Å². The normalized spacial score (nSPS) is 20.8. The number of guanidine groups is 1. The lowest BCUT2D eigenvalue weighted by Gasteiger charge is -2.24. The van der Waals surface area contributed by atoms with Crippen molar-refractivity contribution < 1.29 is 4.74 Å². The molecule has 0 radical (unpaired) electrons. The molecule has 0 saturated carbocycles. The number of aromatic nitrogens is 1. The number of rotatable bonds is 5. The Kier molecular flexibility index (Phi) is 6.91. The number of nitrogens with zero attached hydrogens (tertiary/aromatic N) is 1. The Morgan fingerprint density at radius 1 is 1.33 bits per heavy atom. The number of aromatic amines is 1. The van der Waals surface area contributed by atoms with Crippen molar-refractivity contribution in [2.24, 2.45) is 4.99 Å². The molecule has 1 aromatic heterocycles. The van der Waals surface area contributed by atoms with Gasteiger partial charge in [-0.25, -0.2) is 0 Å². The SMILES string of the molecule is CN=C(NCCc1c[nH]c2ccccc12)NCC1(C)CCCO1.I. The Bertz CT molecular complexity index is 676. The van der Waals surface area contributed by atoms with E-state index in [2.05, 4.69) is 58.0 Å². The van der Waals surface area contributed by atoms with E-state index in [9.17, 15) is 0 Å². The molecule has 3 N–H and O–H groups in total. The molecular formula is C18H27IN4O.